The van der Waals surface area contributed by atoms with Crippen molar-refractivity contribution in [2.45, 2.75) is 33.6 Å². The molecule has 2 rings (SSSR count). The summed E-state index contributed by atoms with van der Waals surface area (Å²) in [5, 5.41) is 5.78. The number of nitrogens with zero attached hydrogens (tertiary/aromatic N) is 2. The summed E-state index contributed by atoms with van der Waals surface area (Å²) in [7, 11) is 0. The van der Waals surface area contributed by atoms with E-state index in [1.807, 2.05) is 12.1 Å². The summed E-state index contributed by atoms with van der Waals surface area (Å²) in [6, 6.07) is 8.03. The maximum Gasteiger partial charge on any atom is 0.319 e. The number of anilines is 2. The van der Waals surface area contributed by atoms with Crippen molar-refractivity contribution in [2.24, 2.45) is 5.92 Å². The minimum absolute atomic E-state index is 0.128. The predicted octanol–water partition coefficient (Wildman–Crippen LogP) is 3.39. The smallest absolute Gasteiger partial charge is 0.319 e. The first-order valence-electron chi connectivity index (χ1n) is 9.20. The van der Waals surface area contributed by atoms with Crippen molar-refractivity contribution < 1.29 is 4.79 Å². The molecule has 0 saturated carbocycles. The van der Waals surface area contributed by atoms with Gasteiger partial charge in [0.25, 0.3) is 0 Å². The Labute approximate surface area is 146 Å². The molecule has 0 unspecified atom stereocenters. The van der Waals surface area contributed by atoms with Gasteiger partial charge in [0.1, 0.15) is 0 Å². The third kappa shape index (κ3) is 6.04. The van der Waals surface area contributed by atoms with E-state index < -0.39 is 0 Å². The molecule has 0 radical (unpaired) electrons. The summed E-state index contributed by atoms with van der Waals surface area (Å²) in [6.45, 7) is 12.9. The molecule has 1 aromatic rings. The van der Waals surface area contributed by atoms with Gasteiger partial charge >= 0.3 is 6.03 Å². The van der Waals surface area contributed by atoms with Gasteiger partial charge in [0, 0.05) is 44.1 Å². The van der Waals surface area contributed by atoms with E-state index in [0.29, 0.717) is 12.5 Å². The van der Waals surface area contributed by atoms with Gasteiger partial charge in [-0.3, -0.25) is 4.90 Å². The largest absolute Gasteiger partial charge is 0.369 e. The number of hydrogen-bond donors (Lipinski definition) is 2. The summed E-state index contributed by atoms with van der Waals surface area (Å²) in [4.78, 5) is 16.8. The van der Waals surface area contributed by atoms with Crippen molar-refractivity contribution in [3.05, 3.63) is 24.3 Å². The molecule has 0 aromatic heterocycles. The average Bonchev–Trinajstić information content (AvgIpc) is 2.56. The fourth-order valence-electron chi connectivity index (χ4n) is 2.95. The van der Waals surface area contributed by atoms with Gasteiger partial charge in [-0.25, -0.2) is 4.79 Å². The molecule has 134 valence electrons. The molecule has 1 aliphatic heterocycles. The van der Waals surface area contributed by atoms with Crippen LogP contribution in [0.5, 0.6) is 0 Å². The molecular weight excluding hydrogens is 300 g/mol. The van der Waals surface area contributed by atoms with Crippen molar-refractivity contribution in [1.82, 2.24) is 10.2 Å². The Hall–Kier alpha value is -1.75. The van der Waals surface area contributed by atoms with Gasteiger partial charge in [0.2, 0.25) is 0 Å². The topological polar surface area (TPSA) is 47.6 Å². The summed E-state index contributed by atoms with van der Waals surface area (Å²) in [5.41, 5.74) is 2.07. The molecule has 0 aliphatic carbocycles. The van der Waals surface area contributed by atoms with Crippen LogP contribution in [0, 0.1) is 5.92 Å². The van der Waals surface area contributed by atoms with E-state index in [0.717, 1.165) is 38.3 Å². The van der Waals surface area contributed by atoms with Crippen LogP contribution in [0.3, 0.4) is 0 Å². The standard InChI is InChI=1S/C19H32N4O/c1-4-11-22-12-14-23(15-13-22)18-7-5-17(6-8-18)21-19(24)20-10-9-16(2)3/h5-8,16H,4,9-15H2,1-3H3,(H2,20,21,24). The first kappa shape index (κ1) is 18.6. The number of amides is 2. The van der Waals surface area contributed by atoms with Gasteiger partial charge in [0.05, 0.1) is 0 Å². The zero-order valence-corrected chi connectivity index (χ0v) is 15.3. The van der Waals surface area contributed by atoms with Gasteiger partial charge < -0.3 is 15.5 Å². The highest BCUT2D eigenvalue weighted by atomic mass is 16.2. The minimum Gasteiger partial charge on any atom is -0.369 e. The number of benzene rings is 1. The average molecular weight is 332 g/mol. The van der Waals surface area contributed by atoms with E-state index in [2.05, 4.69) is 53.3 Å². The number of piperazine rings is 1. The molecule has 1 saturated heterocycles. The third-order valence-electron chi connectivity index (χ3n) is 4.41. The zero-order valence-electron chi connectivity index (χ0n) is 15.3. The van der Waals surface area contributed by atoms with Crippen LogP contribution in [0.1, 0.15) is 33.6 Å². The Kier molecular flexibility index (Phi) is 7.37. The second-order valence-corrected chi connectivity index (χ2v) is 6.94. The van der Waals surface area contributed by atoms with Crippen LogP contribution in [-0.4, -0.2) is 50.2 Å². The monoisotopic (exact) mass is 332 g/mol. The van der Waals surface area contributed by atoms with E-state index >= 15 is 0 Å². The summed E-state index contributed by atoms with van der Waals surface area (Å²) >= 11 is 0. The van der Waals surface area contributed by atoms with Gasteiger partial charge in [-0.05, 0) is 49.6 Å². The normalized spacial score (nSPS) is 15.6. The van der Waals surface area contributed by atoms with Gasteiger partial charge in [-0.15, -0.1) is 0 Å². The SMILES string of the molecule is CCCN1CCN(c2ccc(NC(=O)NCCC(C)C)cc2)CC1. The Morgan fingerprint density at radius 1 is 1.12 bits per heavy atom. The highest BCUT2D eigenvalue weighted by Gasteiger charge is 2.16. The Morgan fingerprint density at radius 3 is 2.38 bits per heavy atom. The molecule has 5 nitrogen and oxygen atoms in total. The number of hydrogen-bond acceptors (Lipinski definition) is 3. The molecule has 1 aromatic carbocycles. The maximum absolute atomic E-state index is 11.8. The van der Waals surface area contributed by atoms with Crippen molar-refractivity contribution in [1.29, 1.82) is 0 Å². The van der Waals surface area contributed by atoms with Gasteiger partial charge in [0.15, 0.2) is 0 Å². The van der Waals surface area contributed by atoms with Crippen molar-refractivity contribution in [3.63, 3.8) is 0 Å². The Balaban J connectivity index is 1.77. The van der Waals surface area contributed by atoms with Gasteiger partial charge in [-0.1, -0.05) is 20.8 Å². The highest BCUT2D eigenvalue weighted by Crippen LogP contribution is 2.19. The molecule has 2 amide bonds. The number of nitrogens with one attached hydrogen (secondary N) is 2. The quantitative estimate of drug-likeness (QED) is 0.805. The second-order valence-electron chi connectivity index (χ2n) is 6.94. The van der Waals surface area contributed by atoms with Crippen LogP contribution >= 0.6 is 0 Å². The number of carbonyl (C=O) groups excluding carboxylic acids is 1. The molecule has 2 N–H and O–H groups in total. The van der Waals surface area contributed by atoms with E-state index in [-0.39, 0.29) is 6.03 Å². The van der Waals surface area contributed by atoms with E-state index in [4.69, 9.17) is 0 Å². The zero-order chi connectivity index (χ0) is 17.4. The molecule has 1 fully saturated rings. The second kappa shape index (κ2) is 9.52. The maximum atomic E-state index is 11.8. The van der Waals surface area contributed by atoms with E-state index in [1.54, 1.807) is 0 Å². The highest BCUT2D eigenvalue weighted by molar-refractivity contribution is 5.89. The van der Waals surface area contributed by atoms with Crippen LogP contribution in [0.15, 0.2) is 24.3 Å². The van der Waals surface area contributed by atoms with Crippen LogP contribution in [0.2, 0.25) is 0 Å². The summed E-state index contributed by atoms with van der Waals surface area (Å²) in [6.07, 6.45) is 2.22. The number of rotatable bonds is 7. The first-order valence-corrected chi connectivity index (χ1v) is 9.20. The number of urea groups is 1. The molecule has 0 spiro atoms. The van der Waals surface area contributed by atoms with Crippen LogP contribution in [-0.2, 0) is 0 Å². The van der Waals surface area contributed by atoms with E-state index in [1.165, 1.54) is 18.7 Å². The van der Waals surface area contributed by atoms with Crippen molar-refractivity contribution in [3.8, 4) is 0 Å². The first-order chi connectivity index (χ1) is 11.6. The molecule has 0 bridgehead atoms. The lowest BCUT2D eigenvalue weighted by atomic mass is 10.1. The Bertz CT molecular complexity index is 493. The Morgan fingerprint density at radius 2 is 1.79 bits per heavy atom. The van der Waals surface area contributed by atoms with Crippen LogP contribution in [0.4, 0.5) is 16.2 Å². The number of carbonyl (C=O) groups is 1. The van der Waals surface area contributed by atoms with Crippen molar-refractivity contribution in [2.75, 3.05) is 49.5 Å². The lowest BCUT2D eigenvalue weighted by Gasteiger charge is -2.36. The molecule has 5 heteroatoms. The third-order valence-corrected chi connectivity index (χ3v) is 4.41. The molecular formula is C19H32N4O. The predicted molar refractivity (Wildman–Crippen MR) is 102 cm³/mol. The molecule has 1 aliphatic rings. The molecule has 24 heavy (non-hydrogen) atoms. The van der Waals surface area contributed by atoms with Crippen LogP contribution in [0.25, 0.3) is 0 Å². The van der Waals surface area contributed by atoms with E-state index in [9.17, 15) is 4.79 Å². The molecule has 0 atom stereocenters. The minimum atomic E-state index is -0.128. The summed E-state index contributed by atoms with van der Waals surface area (Å²) < 4.78 is 0. The molecule has 1 heterocycles. The fourth-order valence-corrected chi connectivity index (χ4v) is 2.95. The lowest BCUT2D eigenvalue weighted by Crippen LogP contribution is -2.46. The lowest BCUT2D eigenvalue weighted by molar-refractivity contribution is 0.251. The van der Waals surface area contributed by atoms with Gasteiger partial charge in [-0.2, -0.15) is 0 Å². The fraction of sp³-hybridized carbons (Fsp3) is 0.632. The van der Waals surface area contributed by atoms with Crippen molar-refractivity contribution >= 4 is 17.4 Å². The van der Waals surface area contributed by atoms with Crippen LogP contribution < -0.4 is 15.5 Å². The summed E-state index contributed by atoms with van der Waals surface area (Å²) in [5.74, 6) is 0.599.